The lowest BCUT2D eigenvalue weighted by Crippen LogP contribution is -2.39. The van der Waals surface area contributed by atoms with E-state index >= 15 is 0 Å². The first-order valence-electron chi connectivity index (χ1n) is 9.62. The predicted molar refractivity (Wildman–Crippen MR) is 115 cm³/mol. The molecule has 0 bridgehead atoms. The van der Waals surface area contributed by atoms with Crippen LogP contribution in [0.2, 0.25) is 0 Å². The van der Waals surface area contributed by atoms with Crippen LogP contribution in [0.1, 0.15) is 17.5 Å². The molecule has 2 aliphatic heterocycles. The number of thioether (sulfide) groups is 1. The third kappa shape index (κ3) is 4.79. The summed E-state index contributed by atoms with van der Waals surface area (Å²) in [6.45, 7) is 0. The van der Waals surface area contributed by atoms with Gasteiger partial charge in [-0.15, -0.1) is 0 Å². The average molecular weight is 469 g/mol. The molecule has 2 atom stereocenters. The molecule has 4 rings (SSSR count). The van der Waals surface area contributed by atoms with E-state index in [1.807, 2.05) is 30.3 Å². The van der Waals surface area contributed by atoms with Crippen molar-refractivity contribution in [3.63, 3.8) is 0 Å². The molecule has 0 N–H and O–H groups in total. The first-order valence-corrected chi connectivity index (χ1v) is 12.3. The number of nitrogens with zero attached hydrogens (tertiary/aromatic N) is 2. The maximum atomic E-state index is 13.6. The van der Waals surface area contributed by atoms with Crippen molar-refractivity contribution in [2.24, 2.45) is 4.99 Å². The van der Waals surface area contributed by atoms with Crippen molar-refractivity contribution in [1.29, 1.82) is 0 Å². The van der Waals surface area contributed by atoms with Gasteiger partial charge in [-0.05, 0) is 24.1 Å². The van der Waals surface area contributed by atoms with Gasteiger partial charge in [0.1, 0.15) is 0 Å². The molecule has 2 saturated heterocycles. The zero-order valence-corrected chi connectivity index (χ0v) is 17.9. The Kier molecular flexibility index (Phi) is 5.87. The summed E-state index contributed by atoms with van der Waals surface area (Å²) in [6, 6.07) is 13.6. The zero-order valence-electron chi connectivity index (χ0n) is 16.2. The number of benzene rings is 2. The number of aryl methyl sites for hydroxylation is 1. The second-order valence-corrected chi connectivity index (χ2v) is 10.8. The number of alkyl halides is 3. The number of amidine groups is 1. The zero-order chi connectivity index (χ0) is 22.2. The molecule has 0 saturated carbocycles. The lowest BCUT2D eigenvalue weighted by atomic mass is 10.1. The summed E-state index contributed by atoms with van der Waals surface area (Å²) in [5.41, 5.74) is -0.107. The van der Waals surface area contributed by atoms with Gasteiger partial charge in [0.25, 0.3) is 0 Å². The van der Waals surface area contributed by atoms with Gasteiger partial charge in [0.2, 0.25) is 5.91 Å². The van der Waals surface area contributed by atoms with Gasteiger partial charge < -0.3 is 4.90 Å². The highest BCUT2D eigenvalue weighted by molar-refractivity contribution is 8.16. The highest BCUT2D eigenvalue weighted by Gasteiger charge is 2.51. The Morgan fingerprint density at radius 3 is 2.45 bits per heavy atom. The number of fused-ring (bicyclic) bond motifs is 1. The molecule has 2 aromatic rings. The molecule has 31 heavy (non-hydrogen) atoms. The van der Waals surface area contributed by atoms with Crippen LogP contribution in [0.25, 0.3) is 0 Å². The number of carbonyl (C=O) groups is 1. The molecule has 1 amide bonds. The van der Waals surface area contributed by atoms with Crippen molar-refractivity contribution >= 4 is 38.4 Å². The molecule has 2 aliphatic rings. The molecule has 0 aliphatic carbocycles. The Morgan fingerprint density at radius 2 is 1.74 bits per heavy atom. The molecular formula is C21H19F3N2O3S2. The van der Waals surface area contributed by atoms with E-state index in [-0.39, 0.29) is 28.8 Å². The minimum atomic E-state index is -4.63. The quantitative estimate of drug-likeness (QED) is 0.680. The van der Waals surface area contributed by atoms with Gasteiger partial charge >= 0.3 is 6.18 Å². The van der Waals surface area contributed by atoms with Gasteiger partial charge in [0.15, 0.2) is 15.0 Å². The van der Waals surface area contributed by atoms with Crippen LogP contribution >= 0.6 is 11.8 Å². The highest BCUT2D eigenvalue weighted by Crippen LogP contribution is 2.45. The van der Waals surface area contributed by atoms with Gasteiger partial charge in [0.05, 0.1) is 28.8 Å². The van der Waals surface area contributed by atoms with Crippen LogP contribution in [0, 0.1) is 0 Å². The minimum absolute atomic E-state index is 0.108. The number of hydrogen-bond donors (Lipinski definition) is 0. The fourth-order valence-electron chi connectivity index (χ4n) is 3.83. The minimum Gasteiger partial charge on any atom is -0.315 e. The van der Waals surface area contributed by atoms with Crippen LogP contribution in [0.5, 0.6) is 0 Å². The van der Waals surface area contributed by atoms with Gasteiger partial charge in [-0.3, -0.25) is 4.79 Å². The van der Waals surface area contributed by atoms with Crippen LogP contribution in [0.15, 0.2) is 59.6 Å². The number of amides is 1. The van der Waals surface area contributed by atoms with E-state index in [1.54, 1.807) is 0 Å². The van der Waals surface area contributed by atoms with Gasteiger partial charge in [-0.1, -0.05) is 54.2 Å². The number of anilines is 1. The third-order valence-electron chi connectivity index (χ3n) is 5.23. The standard InChI is InChI=1S/C21H19F3N2O3S2/c22-21(23,24)15-8-4-5-9-16(15)26-17-12-31(28,29)13-18(17)30-20(26)25-19(27)11-10-14-6-2-1-3-7-14/h1-9,17-18H,10-13H2/t17-,18+/m1/s1. The maximum Gasteiger partial charge on any atom is 0.418 e. The van der Waals surface area contributed by atoms with Crippen molar-refractivity contribution in [2.75, 3.05) is 16.4 Å². The Balaban J connectivity index is 1.66. The Hall–Kier alpha value is -2.33. The summed E-state index contributed by atoms with van der Waals surface area (Å²) in [5, 5.41) is -0.341. The Labute approximate surface area is 182 Å². The monoisotopic (exact) mass is 468 g/mol. The summed E-state index contributed by atoms with van der Waals surface area (Å²) >= 11 is 1.06. The number of halogens is 3. The van der Waals surface area contributed by atoms with Crippen LogP contribution in [0.3, 0.4) is 0 Å². The van der Waals surface area contributed by atoms with Crippen molar-refractivity contribution in [1.82, 2.24) is 0 Å². The molecule has 164 valence electrons. The summed E-state index contributed by atoms with van der Waals surface area (Å²) in [5.74, 6) is -0.873. The number of sulfone groups is 1. The van der Waals surface area contributed by atoms with E-state index in [9.17, 15) is 26.4 Å². The van der Waals surface area contributed by atoms with E-state index in [0.717, 1.165) is 23.4 Å². The molecule has 0 spiro atoms. The maximum absolute atomic E-state index is 13.6. The summed E-state index contributed by atoms with van der Waals surface area (Å²) in [7, 11) is -3.38. The smallest absolute Gasteiger partial charge is 0.315 e. The van der Waals surface area contributed by atoms with Gasteiger partial charge in [0, 0.05) is 11.7 Å². The fourth-order valence-corrected chi connectivity index (χ4v) is 7.75. The van der Waals surface area contributed by atoms with Crippen LogP contribution in [-0.4, -0.2) is 42.3 Å². The first-order chi connectivity index (χ1) is 14.6. The summed E-state index contributed by atoms with van der Waals surface area (Å²) in [6.07, 6.45) is -4.06. The Bertz CT molecular complexity index is 1120. The molecule has 0 radical (unpaired) electrons. The van der Waals surface area contributed by atoms with E-state index in [0.29, 0.717) is 6.42 Å². The number of carbonyl (C=O) groups excluding carboxylic acids is 1. The molecule has 2 fully saturated rings. The van der Waals surface area contributed by atoms with Gasteiger partial charge in [-0.25, -0.2) is 8.42 Å². The molecule has 5 nitrogen and oxygen atoms in total. The second kappa shape index (κ2) is 8.31. The Morgan fingerprint density at radius 1 is 1.06 bits per heavy atom. The highest BCUT2D eigenvalue weighted by atomic mass is 32.2. The molecule has 0 aromatic heterocycles. The number of aliphatic imine (C=N–C) groups is 1. The van der Waals surface area contributed by atoms with Crippen LogP contribution < -0.4 is 4.90 Å². The molecule has 2 aromatic carbocycles. The largest absolute Gasteiger partial charge is 0.418 e. The molecule has 10 heteroatoms. The number of hydrogen-bond acceptors (Lipinski definition) is 4. The van der Waals surface area contributed by atoms with E-state index in [1.165, 1.54) is 23.1 Å². The van der Waals surface area contributed by atoms with Crippen LogP contribution in [-0.2, 0) is 27.2 Å². The lowest BCUT2D eigenvalue weighted by Gasteiger charge is -2.27. The summed E-state index contributed by atoms with van der Waals surface area (Å²) < 4.78 is 65.2. The van der Waals surface area contributed by atoms with Crippen LogP contribution in [0.4, 0.5) is 18.9 Å². The average Bonchev–Trinajstić information content (AvgIpc) is 3.17. The first kappa shape index (κ1) is 21.9. The molecular weight excluding hydrogens is 449 g/mol. The van der Waals surface area contributed by atoms with Crippen molar-refractivity contribution < 1.29 is 26.4 Å². The normalized spacial score (nSPS) is 23.8. The third-order valence-corrected chi connectivity index (χ3v) is 8.44. The predicted octanol–water partition coefficient (Wildman–Crippen LogP) is 3.94. The molecule has 0 unspecified atom stereocenters. The molecule has 2 heterocycles. The number of rotatable bonds is 4. The van der Waals surface area contributed by atoms with Crippen molar-refractivity contribution in [3.05, 3.63) is 65.7 Å². The second-order valence-electron chi connectivity index (χ2n) is 7.46. The number of para-hydroxylation sites is 1. The topological polar surface area (TPSA) is 66.8 Å². The summed E-state index contributed by atoms with van der Waals surface area (Å²) in [4.78, 5) is 17.9. The van der Waals surface area contributed by atoms with Crippen molar-refractivity contribution in [2.45, 2.75) is 30.3 Å². The lowest BCUT2D eigenvalue weighted by molar-refractivity contribution is -0.137. The SMILES string of the molecule is O=C(CCc1ccccc1)N=C1S[C@H]2CS(=O)(=O)C[C@H]2N1c1ccccc1C(F)(F)F. The van der Waals surface area contributed by atoms with Crippen molar-refractivity contribution in [3.8, 4) is 0 Å². The van der Waals surface area contributed by atoms with Gasteiger partial charge in [-0.2, -0.15) is 18.2 Å². The van der Waals surface area contributed by atoms with E-state index < -0.39 is 38.8 Å². The fraction of sp³-hybridized carbons (Fsp3) is 0.333. The van der Waals surface area contributed by atoms with E-state index in [2.05, 4.69) is 4.99 Å². The van der Waals surface area contributed by atoms with E-state index in [4.69, 9.17) is 0 Å².